The van der Waals surface area contributed by atoms with Gasteiger partial charge in [-0.1, -0.05) is 6.07 Å². The summed E-state index contributed by atoms with van der Waals surface area (Å²) in [6.45, 7) is 0. The average molecular weight is 201 g/mol. The Morgan fingerprint density at radius 2 is 2.00 bits per heavy atom. The Kier molecular flexibility index (Phi) is 1.77. The van der Waals surface area contributed by atoms with Crippen molar-refractivity contribution in [2.45, 2.75) is 12.6 Å². The molecule has 0 fully saturated rings. The number of alkyl halides is 3. The monoisotopic (exact) mass is 201 g/mol. The van der Waals surface area contributed by atoms with Crippen LogP contribution in [-0.4, -0.2) is 5.91 Å². The molecule has 2 nitrogen and oxygen atoms in total. The predicted octanol–water partition coefficient (Wildman–Crippen LogP) is 2.20. The Morgan fingerprint density at radius 3 is 2.64 bits per heavy atom. The van der Waals surface area contributed by atoms with Crippen LogP contribution in [0.4, 0.5) is 18.9 Å². The second-order valence-electron chi connectivity index (χ2n) is 3.09. The van der Waals surface area contributed by atoms with Gasteiger partial charge < -0.3 is 5.32 Å². The summed E-state index contributed by atoms with van der Waals surface area (Å²) in [7, 11) is 0. The van der Waals surface area contributed by atoms with Crippen LogP contribution in [0.1, 0.15) is 11.1 Å². The summed E-state index contributed by atoms with van der Waals surface area (Å²) in [5.74, 6) is -0.265. The summed E-state index contributed by atoms with van der Waals surface area (Å²) in [4.78, 5) is 10.9. The molecular formula is C9H6F3NO. The van der Waals surface area contributed by atoms with Gasteiger partial charge in [-0.3, -0.25) is 4.79 Å². The number of amides is 1. The highest BCUT2D eigenvalue weighted by Crippen LogP contribution is 2.33. The summed E-state index contributed by atoms with van der Waals surface area (Å²) in [5.41, 5.74) is 0.145. The molecule has 1 heterocycles. The highest BCUT2D eigenvalue weighted by Gasteiger charge is 2.32. The summed E-state index contributed by atoms with van der Waals surface area (Å²) in [6.07, 6.45) is -4.20. The standard InChI is InChI=1S/C9H6F3NO/c10-9(11,12)6-2-1-5-3-8(14)13-7(5)4-6/h1-2,4H,3H2,(H,13,14). The molecule has 0 saturated heterocycles. The van der Waals surface area contributed by atoms with E-state index in [0.29, 0.717) is 5.56 Å². The molecular weight excluding hydrogens is 195 g/mol. The van der Waals surface area contributed by atoms with Crippen molar-refractivity contribution in [1.29, 1.82) is 0 Å². The molecule has 0 saturated carbocycles. The number of rotatable bonds is 0. The van der Waals surface area contributed by atoms with Crippen LogP contribution < -0.4 is 5.32 Å². The molecule has 0 unspecified atom stereocenters. The van der Waals surface area contributed by atoms with E-state index in [9.17, 15) is 18.0 Å². The third-order valence-electron chi connectivity index (χ3n) is 2.06. The molecule has 14 heavy (non-hydrogen) atoms. The van der Waals surface area contributed by atoms with Crippen molar-refractivity contribution in [1.82, 2.24) is 0 Å². The van der Waals surface area contributed by atoms with Gasteiger partial charge in [0.25, 0.3) is 0 Å². The fourth-order valence-corrected chi connectivity index (χ4v) is 1.39. The van der Waals surface area contributed by atoms with E-state index in [2.05, 4.69) is 5.32 Å². The largest absolute Gasteiger partial charge is 0.416 e. The van der Waals surface area contributed by atoms with Crippen molar-refractivity contribution in [3.63, 3.8) is 0 Å². The maximum absolute atomic E-state index is 12.2. The Bertz CT molecular complexity index is 398. The van der Waals surface area contributed by atoms with Crippen LogP contribution >= 0.6 is 0 Å². The number of hydrogen-bond donors (Lipinski definition) is 1. The van der Waals surface area contributed by atoms with E-state index in [1.165, 1.54) is 6.07 Å². The molecule has 74 valence electrons. The fraction of sp³-hybridized carbons (Fsp3) is 0.222. The zero-order valence-electron chi connectivity index (χ0n) is 6.98. The van der Waals surface area contributed by atoms with Crippen molar-refractivity contribution < 1.29 is 18.0 Å². The van der Waals surface area contributed by atoms with Crippen LogP contribution in [0, 0.1) is 0 Å². The minimum Gasteiger partial charge on any atom is -0.326 e. The number of hydrogen-bond acceptors (Lipinski definition) is 1. The number of halogens is 3. The second kappa shape index (κ2) is 2.73. The van der Waals surface area contributed by atoms with Gasteiger partial charge in [0.05, 0.1) is 12.0 Å². The fourth-order valence-electron chi connectivity index (χ4n) is 1.39. The maximum atomic E-state index is 12.2. The van der Waals surface area contributed by atoms with Gasteiger partial charge in [0.1, 0.15) is 0 Å². The normalized spacial score (nSPS) is 15.2. The Labute approximate surface area is 77.7 Å². The Hall–Kier alpha value is -1.52. The first kappa shape index (κ1) is 9.05. The van der Waals surface area contributed by atoms with E-state index in [4.69, 9.17) is 0 Å². The molecule has 0 bridgehead atoms. The SMILES string of the molecule is O=C1Cc2ccc(C(F)(F)F)cc2N1. The first-order chi connectivity index (χ1) is 6.47. The number of anilines is 1. The lowest BCUT2D eigenvalue weighted by Crippen LogP contribution is -2.06. The van der Waals surface area contributed by atoms with Crippen LogP contribution in [0.25, 0.3) is 0 Å². The number of fused-ring (bicyclic) bond motifs is 1. The van der Waals surface area contributed by atoms with Crippen molar-refractivity contribution in [2.24, 2.45) is 0 Å². The first-order valence-electron chi connectivity index (χ1n) is 3.97. The lowest BCUT2D eigenvalue weighted by Gasteiger charge is -2.07. The predicted molar refractivity (Wildman–Crippen MR) is 43.8 cm³/mol. The molecule has 5 heteroatoms. The van der Waals surface area contributed by atoms with Gasteiger partial charge in [-0.05, 0) is 17.7 Å². The van der Waals surface area contributed by atoms with Crippen LogP contribution in [0.15, 0.2) is 18.2 Å². The van der Waals surface area contributed by atoms with E-state index in [1.807, 2.05) is 0 Å². The maximum Gasteiger partial charge on any atom is 0.416 e. The van der Waals surface area contributed by atoms with Crippen LogP contribution in [-0.2, 0) is 17.4 Å². The molecule has 0 atom stereocenters. The summed E-state index contributed by atoms with van der Waals surface area (Å²) >= 11 is 0. The minimum atomic E-state index is -4.36. The molecule has 1 aromatic carbocycles. The highest BCUT2D eigenvalue weighted by molar-refractivity contribution is 5.99. The van der Waals surface area contributed by atoms with Crippen molar-refractivity contribution in [2.75, 3.05) is 5.32 Å². The van der Waals surface area contributed by atoms with Crippen molar-refractivity contribution in [3.8, 4) is 0 Å². The van der Waals surface area contributed by atoms with Gasteiger partial charge in [-0.15, -0.1) is 0 Å². The van der Waals surface area contributed by atoms with E-state index in [-0.39, 0.29) is 18.0 Å². The number of carbonyl (C=O) groups is 1. The molecule has 2 rings (SSSR count). The van der Waals surface area contributed by atoms with E-state index < -0.39 is 11.7 Å². The second-order valence-corrected chi connectivity index (χ2v) is 3.09. The van der Waals surface area contributed by atoms with Gasteiger partial charge in [0, 0.05) is 5.69 Å². The van der Waals surface area contributed by atoms with Crippen LogP contribution in [0.5, 0.6) is 0 Å². The summed E-state index contributed by atoms with van der Waals surface area (Å²) in [5, 5.41) is 2.37. The molecule has 0 aromatic heterocycles. The van der Waals surface area contributed by atoms with Gasteiger partial charge in [0.15, 0.2) is 0 Å². The lowest BCUT2D eigenvalue weighted by atomic mass is 10.1. The lowest BCUT2D eigenvalue weighted by molar-refractivity contribution is -0.137. The Balaban J connectivity index is 2.43. The summed E-state index contributed by atoms with van der Waals surface area (Å²) < 4.78 is 36.7. The van der Waals surface area contributed by atoms with E-state index in [1.54, 1.807) is 0 Å². The Morgan fingerprint density at radius 1 is 1.29 bits per heavy atom. The van der Waals surface area contributed by atoms with Gasteiger partial charge in [-0.25, -0.2) is 0 Å². The zero-order valence-corrected chi connectivity index (χ0v) is 6.98. The molecule has 1 amide bonds. The van der Waals surface area contributed by atoms with Gasteiger partial charge >= 0.3 is 6.18 Å². The average Bonchev–Trinajstić information content (AvgIpc) is 2.41. The molecule has 0 radical (unpaired) electrons. The molecule has 0 spiro atoms. The number of benzene rings is 1. The van der Waals surface area contributed by atoms with Crippen molar-refractivity contribution in [3.05, 3.63) is 29.3 Å². The van der Waals surface area contributed by atoms with Gasteiger partial charge in [-0.2, -0.15) is 13.2 Å². The number of carbonyl (C=O) groups excluding carboxylic acids is 1. The van der Waals surface area contributed by atoms with Crippen LogP contribution in [0.2, 0.25) is 0 Å². The van der Waals surface area contributed by atoms with Gasteiger partial charge in [0.2, 0.25) is 5.91 Å². The zero-order chi connectivity index (χ0) is 10.3. The van der Waals surface area contributed by atoms with Crippen LogP contribution in [0.3, 0.4) is 0 Å². The molecule has 1 N–H and O–H groups in total. The molecule has 0 aliphatic carbocycles. The third-order valence-corrected chi connectivity index (χ3v) is 2.06. The first-order valence-corrected chi connectivity index (χ1v) is 3.97. The van der Waals surface area contributed by atoms with E-state index in [0.717, 1.165) is 12.1 Å². The summed E-state index contributed by atoms with van der Waals surface area (Å²) in [6, 6.07) is 3.27. The molecule has 1 aliphatic rings. The number of nitrogens with one attached hydrogen (secondary N) is 1. The van der Waals surface area contributed by atoms with E-state index >= 15 is 0 Å². The quantitative estimate of drug-likeness (QED) is 0.684. The molecule has 1 aliphatic heterocycles. The minimum absolute atomic E-state index is 0.160. The molecule has 1 aromatic rings. The van der Waals surface area contributed by atoms with Crippen molar-refractivity contribution >= 4 is 11.6 Å². The third kappa shape index (κ3) is 1.45. The highest BCUT2D eigenvalue weighted by atomic mass is 19.4. The smallest absolute Gasteiger partial charge is 0.326 e. The topological polar surface area (TPSA) is 29.1 Å².